The van der Waals surface area contributed by atoms with Crippen molar-refractivity contribution in [3.8, 4) is 0 Å². The third-order valence-corrected chi connectivity index (χ3v) is 3.37. The molecule has 0 amide bonds. The molecule has 4 nitrogen and oxygen atoms in total. The second-order valence-corrected chi connectivity index (χ2v) is 5.46. The Balaban J connectivity index is 1.94. The van der Waals surface area contributed by atoms with Crippen LogP contribution in [0, 0.1) is 0 Å². The maximum absolute atomic E-state index is 9.70. The van der Waals surface area contributed by atoms with Gasteiger partial charge < -0.3 is 9.84 Å². The highest BCUT2D eigenvalue weighted by atomic mass is 16.5. The molecule has 0 aliphatic carbocycles. The van der Waals surface area contributed by atoms with Crippen LogP contribution in [-0.4, -0.2) is 26.6 Å². The SMILES string of the molecule is CCC(O)c1cnn(CC2CCC(C)(C)O2)c1. The summed E-state index contributed by atoms with van der Waals surface area (Å²) in [5.74, 6) is 0. The lowest BCUT2D eigenvalue weighted by atomic mass is 10.1. The molecule has 2 heterocycles. The molecule has 17 heavy (non-hydrogen) atoms. The Morgan fingerprint density at radius 2 is 2.41 bits per heavy atom. The molecule has 0 aromatic carbocycles. The van der Waals surface area contributed by atoms with Crippen LogP contribution in [0.4, 0.5) is 0 Å². The van der Waals surface area contributed by atoms with Crippen LogP contribution in [0.3, 0.4) is 0 Å². The first kappa shape index (κ1) is 12.6. The second-order valence-electron chi connectivity index (χ2n) is 5.46. The van der Waals surface area contributed by atoms with Gasteiger partial charge in [-0.05, 0) is 33.1 Å². The van der Waals surface area contributed by atoms with Gasteiger partial charge >= 0.3 is 0 Å². The smallest absolute Gasteiger partial charge is 0.0817 e. The van der Waals surface area contributed by atoms with E-state index < -0.39 is 6.10 Å². The van der Waals surface area contributed by atoms with Gasteiger partial charge in [-0.3, -0.25) is 4.68 Å². The van der Waals surface area contributed by atoms with Gasteiger partial charge in [0, 0.05) is 11.8 Å². The fraction of sp³-hybridized carbons (Fsp3) is 0.769. The normalized spacial score (nSPS) is 25.1. The highest BCUT2D eigenvalue weighted by Crippen LogP contribution is 2.30. The highest BCUT2D eigenvalue weighted by molar-refractivity contribution is 5.07. The van der Waals surface area contributed by atoms with E-state index in [0.717, 1.165) is 31.4 Å². The molecule has 1 fully saturated rings. The molecule has 1 N–H and O–H groups in total. The number of rotatable bonds is 4. The number of ether oxygens (including phenoxy) is 1. The van der Waals surface area contributed by atoms with Crippen molar-refractivity contribution < 1.29 is 9.84 Å². The van der Waals surface area contributed by atoms with Crippen molar-refractivity contribution in [1.82, 2.24) is 9.78 Å². The van der Waals surface area contributed by atoms with Crippen LogP contribution in [0.1, 0.15) is 51.7 Å². The van der Waals surface area contributed by atoms with Gasteiger partial charge in [0.15, 0.2) is 0 Å². The van der Waals surface area contributed by atoms with Crippen LogP contribution >= 0.6 is 0 Å². The Labute approximate surface area is 103 Å². The maximum atomic E-state index is 9.70. The maximum Gasteiger partial charge on any atom is 0.0817 e. The van der Waals surface area contributed by atoms with E-state index >= 15 is 0 Å². The number of aliphatic hydroxyl groups is 1. The summed E-state index contributed by atoms with van der Waals surface area (Å²) in [6, 6.07) is 0. The van der Waals surface area contributed by atoms with Crippen LogP contribution in [0.2, 0.25) is 0 Å². The van der Waals surface area contributed by atoms with Crippen LogP contribution in [0.15, 0.2) is 12.4 Å². The summed E-state index contributed by atoms with van der Waals surface area (Å²) in [6.45, 7) is 7.00. The van der Waals surface area contributed by atoms with E-state index in [2.05, 4.69) is 18.9 Å². The Morgan fingerprint density at radius 1 is 1.65 bits per heavy atom. The number of nitrogens with zero attached hydrogens (tertiary/aromatic N) is 2. The summed E-state index contributed by atoms with van der Waals surface area (Å²) >= 11 is 0. The third-order valence-electron chi connectivity index (χ3n) is 3.37. The van der Waals surface area contributed by atoms with Gasteiger partial charge in [0.2, 0.25) is 0 Å². The van der Waals surface area contributed by atoms with Crippen molar-refractivity contribution in [2.45, 2.75) is 64.4 Å². The van der Waals surface area contributed by atoms with Crippen LogP contribution in [0.25, 0.3) is 0 Å². The predicted molar refractivity (Wildman–Crippen MR) is 65.7 cm³/mol. The zero-order chi connectivity index (χ0) is 12.5. The fourth-order valence-electron chi connectivity index (χ4n) is 2.30. The summed E-state index contributed by atoms with van der Waals surface area (Å²) in [4.78, 5) is 0. The first-order chi connectivity index (χ1) is 8.00. The summed E-state index contributed by atoms with van der Waals surface area (Å²) in [6.07, 6.45) is 6.42. The minimum Gasteiger partial charge on any atom is -0.388 e. The molecule has 1 aromatic heterocycles. The van der Waals surface area contributed by atoms with E-state index in [1.807, 2.05) is 17.8 Å². The molecule has 2 rings (SSSR count). The van der Waals surface area contributed by atoms with Crippen molar-refractivity contribution >= 4 is 0 Å². The average molecular weight is 238 g/mol. The molecular weight excluding hydrogens is 216 g/mol. The van der Waals surface area contributed by atoms with E-state index in [4.69, 9.17) is 4.74 Å². The van der Waals surface area contributed by atoms with Gasteiger partial charge in [0.25, 0.3) is 0 Å². The number of aromatic nitrogens is 2. The largest absolute Gasteiger partial charge is 0.388 e. The highest BCUT2D eigenvalue weighted by Gasteiger charge is 2.31. The molecule has 0 spiro atoms. The molecule has 0 saturated carbocycles. The van der Waals surface area contributed by atoms with Gasteiger partial charge in [-0.2, -0.15) is 5.10 Å². The van der Waals surface area contributed by atoms with Crippen molar-refractivity contribution in [2.24, 2.45) is 0 Å². The molecule has 2 unspecified atom stereocenters. The van der Waals surface area contributed by atoms with E-state index in [9.17, 15) is 5.11 Å². The molecular formula is C13H22N2O2. The molecule has 96 valence electrons. The van der Waals surface area contributed by atoms with Crippen LogP contribution in [-0.2, 0) is 11.3 Å². The van der Waals surface area contributed by atoms with Gasteiger partial charge in [-0.25, -0.2) is 0 Å². The topological polar surface area (TPSA) is 47.3 Å². The van der Waals surface area contributed by atoms with Gasteiger partial charge in [0.05, 0.1) is 30.6 Å². The van der Waals surface area contributed by atoms with Gasteiger partial charge in [0.1, 0.15) is 0 Å². The van der Waals surface area contributed by atoms with E-state index in [0.29, 0.717) is 0 Å². The van der Waals surface area contributed by atoms with Crippen molar-refractivity contribution in [2.75, 3.05) is 0 Å². The molecule has 0 radical (unpaired) electrons. The minimum absolute atomic E-state index is 0.00355. The summed E-state index contributed by atoms with van der Waals surface area (Å²) in [7, 11) is 0. The van der Waals surface area contributed by atoms with Gasteiger partial charge in [-0.1, -0.05) is 6.92 Å². The Morgan fingerprint density at radius 3 is 3.00 bits per heavy atom. The minimum atomic E-state index is -0.398. The lowest BCUT2D eigenvalue weighted by Gasteiger charge is -2.19. The number of hydrogen-bond donors (Lipinski definition) is 1. The van der Waals surface area contributed by atoms with E-state index in [-0.39, 0.29) is 11.7 Å². The molecule has 4 heteroatoms. The molecule has 0 bridgehead atoms. The summed E-state index contributed by atoms with van der Waals surface area (Å²) in [5, 5.41) is 14.0. The first-order valence-electron chi connectivity index (χ1n) is 6.38. The second kappa shape index (κ2) is 4.78. The monoisotopic (exact) mass is 238 g/mol. The molecule has 1 aromatic rings. The fourth-order valence-corrected chi connectivity index (χ4v) is 2.30. The molecule has 1 aliphatic rings. The quantitative estimate of drug-likeness (QED) is 0.875. The predicted octanol–water partition coefficient (Wildman–Crippen LogP) is 2.28. The van der Waals surface area contributed by atoms with Crippen molar-refractivity contribution in [3.63, 3.8) is 0 Å². The third kappa shape index (κ3) is 3.07. The van der Waals surface area contributed by atoms with E-state index in [1.54, 1.807) is 6.20 Å². The van der Waals surface area contributed by atoms with Crippen LogP contribution in [0.5, 0.6) is 0 Å². The Hall–Kier alpha value is -0.870. The van der Waals surface area contributed by atoms with Crippen molar-refractivity contribution in [3.05, 3.63) is 18.0 Å². The Kier molecular flexibility index (Phi) is 3.54. The van der Waals surface area contributed by atoms with Crippen LogP contribution < -0.4 is 0 Å². The van der Waals surface area contributed by atoms with Gasteiger partial charge in [-0.15, -0.1) is 0 Å². The van der Waals surface area contributed by atoms with E-state index in [1.165, 1.54) is 0 Å². The molecule has 1 aliphatic heterocycles. The zero-order valence-electron chi connectivity index (χ0n) is 10.9. The van der Waals surface area contributed by atoms with Crippen molar-refractivity contribution in [1.29, 1.82) is 0 Å². The summed E-state index contributed by atoms with van der Waals surface area (Å²) < 4.78 is 7.80. The number of hydrogen-bond acceptors (Lipinski definition) is 3. The average Bonchev–Trinajstić information content (AvgIpc) is 2.85. The molecule has 1 saturated heterocycles. The zero-order valence-corrected chi connectivity index (χ0v) is 10.9. The number of aliphatic hydroxyl groups excluding tert-OH is 1. The Bertz CT molecular complexity index is 373. The first-order valence-corrected chi connectivity index (χ1v) is 6.38. The summed E-state index contributed by atoms with van der Waals surface area (Å²) in [5.41, 5.74) is 0.897. The standard InChI is InChI=1S/C13H22N2O2/c1-4-12(16)10-7-14-15(8-10)9-11-5-6-13(2,3)17-11/h7-8,11-12,16H,4-6,9H2,1-3H3. The lowest BCUT2D eigenvalue weighted by Crippen LogP contribution is -2.23. The lowest BCUT2D eigenvalue weighted by molar-refractivity contribution is -0.0230. The molecule has 2 atom stereocenters.